The van der Waals surface area contributed by atoms with E-state index in [2.05, 4.69) is 4.98 Å². The van der Waals surface area contributed by atoms with Crippen LogP contribution in [0.1, 0.15) is 18.9 Å². The highest BCUT2D eigenvalue weighted by atomic mass is 35.5. The highest BCUT2D eigenvalue weighted by Crippen LogP contribution is 2.39. The van der Waals surface area contributed by atoms with Crippen LogP contribution < -0.4 is 5.56 Å². The van der Waals surface area contributed by atoms with Gasteiger partial charge < -0.3 is 4.90 Å². The molecule has 0 unspecified atom stereocenters. The van der Waals surface area contributed by atoms with Crippen molar-refractivity contribution in [2.24, 2.45) is 0 Å². The summed E-state index contributed by atoms with van der Waals surface area (Å²) in [6, 6.07) is 3.46. The lowest BCUT2D eigenvalue weighted by molar-refractivity contribution is -0.142. The summed E-state index contributed by atoms with van der Waals surface area (Å²) in [5.74, 6) is -0.294. The van der Waals surface area contributed by atoms with E-state index in [0.29, 0.717) is 10.4 Å². The van der Waals surface area contributed by atoms with Gasteiger partial charge in [0.25, 0.3) is 5.56 Å². The predicted octanol–water partition coefficient (Wildman–Crippen LogP) is 5.31. The third kappa shape index (κ3) is 4.54. The van der Waals surface area contributed by atoms with Crippen molar-refractivity contribution >= 4 is 39.1 Å². The van der Waals surface area contributed by atoms with Crippen LogP contribution in [0.5, 0.6) is 0 Å². The topological polar surface area (TPSA) is 55.2 Å². The summed E-state index contributed by atoms with van der Waals surface area (Å²) in [5.41, 5.74) is -2.47. The van der Waals surface area contributed by atoms with Crippen LogP contribution in [0.3, 0.4) is 0 Å². The Morgan fingerprint density at radius 2 is 2.06 bits per heavy atom. The van der Waals surface area contributed by atoms with Crippen LogP contribution in [0.2, 0.25) is 5.02 Å². The molecule has 3 heterocycles. The van der Waals surface area contributed by atoms with Gasteiger partial charge in [0.2, 0.25) is 5.91 Å². The minimum atomic E-state index is -4.64. The molecular formula is C22H18ClF4N3O2S. The van der Waals surface area contributed by atoms with Crippen LogP contribution >= 0.6 is 22.9 Å². The number of hydrogen-bond acceptors (Lipinski definition) is 4. The molecule has 1 fully saturated rings. The standard InChI is InChI=1S/C22H18ClF4N3O2S/c1-2-6-21(24)10-30(11-21)17(31)5-7-29-12-28-19-18(20(29)32)14(9-33-19)13-3-4-16(23)15(8-13)22(25,26)27/h2-4,6,8-9,12H,5,7,10-11H2,1H3/b6-2+. The number of carbonyl (C=O) groups is 1. The number of halogens is 5. The summed E-state index contributed by atoms with van der Waals surface area (Å²) in [5, 5.41) is 1.31. The number of carbonyl (C=O) groups excluding carboxylic acids is 1. The second-order valence-corrected chi connectivity index (χ2v) is 9.06. The Kier molecular flexibility index (Phi) is 6.09. The lowest BCUT2D eigenvalue weighted by Gasteiger charge is -2.42. The lowest BCUT2D eigenvalue weighted by Crippen LogP contribution is -2.60. The number of rotatable bonds is 5. The Bertz CT molecular complexity index is 1310. The number of alkyl halides is 4. The smallest absolute Gasteiger partial charge is 0.335 e. The summed E-state index contributed by atoms with van der Waals surface area (Å²) in [4.78, 5) is 31.4. The van der Waals surface area contributed by atoms with E-state index in [0.717, 1.165) is 23.5 Å². The van der Waals surface area contributed by atoms with Gasteiger partial charge in [0.1, 0.15) is 4.83 Å². The minimum Gasteiger partial charge on any atom is -0.335 e. The van der Waals surface area contributed by atoms with Crippen LogP contribution in [0.15, 0.2) is 46.9 Å². The van der Waals surface area contributed by atoms with Crippen molar-refractivity contribution < 1.29 is 22.4 Å². The molecule has 0 aliphatic carbocycles. The van der Waals surface area contributed by atoms with Crippen molar-refractivity contribution in [3.63, 3.8) is 0 Å². The SMILES string of the molecule is C/C=C/C1(F)CN(C(=O)CCn2cnc3scc(-c4ccc(Cl)c(C(F)(F)F)c4)c3c2=O)C1. The van der Waals surface area contributed by atoms with Gasteiger partial charge in [0.05, 0.1) is 35.4 Å². The van der Waals surface area contributed by atoms with E-state index in [1.165, 1.54) is 27.9 Å². The first-order valence-corrected chi connectivity index (χ1v) is 11.2. The summed E-state index contributed by atoms with van der Waals surface area (Å²) in [6.07, 6.45) is -0.357. The molecule has 174 valence electrons. The molecule has 0 atom stereocenters. The molecular weight excluding hydrogens is 482 g/mol. The second-order valence-electron chi connectivity index (χ2n) is 7.80. The molecule has 1 saturated heterocycles. The fraction of sp³-hybridized carbons (Fsp3) is 0.318. The number of amides is 1. The maximum Gasteiger partial charge on any atom is 0.417 e. The molecule has 1 aromatic carbocycles. The van der Waals surface area contributed by atoms with Gasteiger partial charge in [-0.2, -0.15) is 13.2 Å². The zero-order valence-electron chi connectivity index (χ0n) is 17.3. The number of likely N-dealkylation sites (tertiary alicyclic amines) is 1. The number of allylic oxidation sites excluding steroid dienone is 1. The fourth-order valence-corrected chi connectivity index (χ4v) is 4.92. The number of hydrogen-bond donors (Lipinski definition) is 0. The molecule has 0 spiro atoms. The molecule has 5 nitrogen and oxygen atoms in total. The van der Waals surface area contributed by atoms with Crippen LogP contribution in [0, 0.1) is 0 Å². The van der Waals surface area contributed by atoms with Crippen molar-refractivity contribution in [3.8, 4) is 11.1 Å². The van der Waals surface area contributed by atoms with Gasteiger partial charge in [-0.05, 0) is 30.7 Å². The quantitative estimate of drug-likeness (QED) is 0.353. The monoisotopic (exact) mass is 499 g/mol. The van der Waals surface area contributed by atoms with Crippen molar-refractivity contribution in [1.29, 1.82) is 0 Å². The normalized spacial score (nSPS) is 15.9. The minimum absolute atomic E-state index is 0.0176. The number of fused-ring (bicyclic) bond motifs is 1. The molecule has 1 aliphatic rings. The maximum absolute atomic E-state index is 14.2. The molecule has 0 bridgehead atoms. The van der Waals surface area contributed by atoms with E-state index in [9.17, 15) is 27.2 Å². The Hall–Kier alpha value is -2.72. The summed E-state index contributed by atoms with van der Waals surface area (Å²) < 4.78 is 55.2. The molecule has 4 rings (SSSR count). The first-order chi connectivity index (χ1) is 15.5. The first kappa shape index (κ1) is 23.4. The van der Waals surface area contributed by atoms with E-state index in [1.54, 1.807) is 18.4 Å². The third-order valence-electron chi connectivity index (χ3n) is 5.44. The molecule has 0 saturated carbocycles. The van der Waals surface area contributed by atoms with Crippen molar-refractivity contribution in [2.75, 3.05) is 13.1 Å². The van der Waals surface area contributed by atoms with Gasteiger partial charge >= 0.3 is 6.18 Å². The zero-order valence-corrected chi connectivity index (χ0v) is 18.9. The van der Waals surface area contributed by atoms with E-state index < -0.39 is 28.0 Å². The molecule has 0 N–H and O–H groups in total. The largest absolute Gasteiger partial charge is 0.417 e. The highest BCUT2D eigenvalue weighted by Gasteiger charge is 2.43. The Morgan fingerprint density at radius 3 is 2.73 bits per heavy atom. The van der Waals surface area contributed by atoms with Crippen molar-refractivity contribution in [2.45, 2.75) is 31.7 Å². The van der Waals surface area contributed by atoms with Crippen molar-refractivity contribution in [3.05, 3.63) is 63.0 Å². The van der Waals surface area contributed by atoms with Crippen LogP contribution in [0.4, 0.5) is 17.6 Å². The Morgan fingerprint density at radius 1 is 1.33 bits per heavy atom. The number of thiophene rings is 1. The predicted molar refractivity (Wildman–Crippen MR) is 119 cm³/mol. The Labute approximate surface area is 194 Å². The average Bonchev–Trinajstić information content (AvgIpc) is 3.16. The number of aryl methyl sites for hydroxylation is 1. The maximum atomic E-state index is 14.2. The van der Waals surface area contributed by atoms with Gasteiger partial charge in [0.15, 0.2) is 5.67 Å². The molecule has 33 heavy (non-hydrogen) atoms. The molecule has 1 amide bonds. The molecule has 11 heteroatoms. The molecule has 0 radical (unpaired) electrons. The van der Waals surface area contributed by atoms with Gasteiger partial charge in [-0.1, -0.05) is 23.7 Å². The summed E-state index contributed by atoms with van der Waals surface area (Å²) >= 11 is 6.84. The summed E-state index contributed by atoms with van der Waals surface area (Å²) in [7, 11) is 0. The lowest BCUT2D eigenvalue weighted by atomic mass is 9.95. The summed E-state index contributed by atoms with van der Waals surface area (Å²) in [6.45, 7) is 1.65. The third-order valence-corrected chi connectivity index (χ3v) is 6.65. The van der Waals surface area contributed by atoms with E-state index in [1.807, 2.05) is 0 Å². The highest BCUT2D eigenvalue weighted by molar-refractivity contribution is 7.17. The Balaban J connectivity index is 1.59. The molecule has 3 aromatic rings. The van der Waals surface area contributed by atoms with Gasteiger partial charge in [0, 0.05) is 23.9 Å². The van der Waals surface area contributed by atoms with Crippen LogP contribution in [0.25, 0.3) is 21.3 Å². The average molecular weight is 500 g/mol. The molecule has 2 aromatic heterocycles. The van der Waals surface area contributed by atoms with E-state index >= 15 is 0 Å². The van der Waals surface area contributed by atoms with E-state index in [4.69, 9.17) is 11.6 Å². The number of benzene rings is 1. The van der Waals surface area contributed by atoms with Crippen LogP contribution in [-0.2, 0) is 17.5 Å². The zero-order chi connectivity index (χ0) is 24.0. The molecule has 1 aliphatic heterocycles. The number of nitrogens with zero attached hydrogens (tertiary/aromatic N) is 3. The van der Waals surface area contributed by atoms with Gasteiger partial charge in [-0.25, -0.2) is 9.37 Å². The fourth-order valence-electron chi connectivity index (χ4n) is 3.79. The van der Waals surface area contributed by atoms with Crippen LogP contribution in [-0.4, -0.2) is 39.1 Å². The van der Waals surface area contributed by atoms with Gasteiger partial charge in [-0.15, -0.1) is 11.3 Å². The van der Waals surface area contributed by atoms with E-state index in [-0.39, 0.29) is 42.9 Å². The van der Waals surface area contributed by atoms with Crippen molar-refractivity contribution in [1.82, 2.24) is 14.5 Å². The number of aromatic nitrogens is 2. The first-order valence-electron chi connectivity index (χ1n) is 9.97. The second kappa shape index (κ2) is 8.57. The van der Waals surface area contributed by atoms with Gasteiger partial charge in [-0.3, -0.25) is 14.2 Å².